The first-order chi connectivity index (χ1) is 13.2. The molecule has 1 N–H and O–H groups in total. The SMILES string of the molecule is CC1Cc2ccccc2N1c1cc(C(=O)NCCC2=CCCCC2)ccn1. The van der Waals surface area contributed by atoms with Crippen LogP contribution in [0.5, 0.6) is 0 Å². The average molecular weight is 361 g/mol. The van der Waals surface area contributed by atoms with Crippen LogP contribution in [0.2, 0.25) is 0 Å². The van der Waals surface area contributed by atoms with Crippen molar-refractivity contribution in [3.05, 3.63) is 65.4 Å². The number of pyridine rings is 1. The highest BCUT2D eigenvalue weighted by atomic mass is 16.1. The van der Waals surface area contributed by atoms with Crippen molar-refractivity contribution < 1.29 is 4.79 Å². The van der Waals surface area contributed by atoms with Crippen molar-refractivity contribution >= 4 is 17.4 Å². The molecule has 0 radical (unpaired) electrons. The maximum Gasteiger partial charge on any atom is 0.251 e. The van der Waals surface area contributed by atoms with Crippen LogP contribution < -0.4 is 10.2 Å². The minimum Gasteiger partial charge on any atom is -0.352 e. The van der Waals surface area contributed by atoms with E-state index in [4.69, 9.17) is 0 Å². The van der Waals surface area contributed by atoms with E-state index in [2.05, 4.69) is 52.5 Å². The number of amides is 1. The molecule has 1 aromatic carbocycles. The smallest absolute Gasteiger partial charge is 0.251 e. The highest BCUT2D eigenvalue weighted by Crippen LogP contribution is 2.37. The predicted molar refractivity (Wildman–Crippen MR) is 109 cm³/mol. The lowest BCUT2D eigenvalue weighted by Gasteiger charge is -2.24. The van der Waals surface area contributed by atoms with Gasteiger partial charge in [-0.15, -0.1) is 0 Å². The lowest BCUT2D eigenvalue weighted by Crippen LogP contribution is -2.27. The third kappa shape index (κ3) is 3.90. The van der Waals surface area contributed by atoms with Gasteiger partial charge in [0.05, 0.1) is 0 Å². The average Bonchev–Trinajstić information content (AvgIpc) is 3.04. The van der Waals surface area contributed by atoms with Crippen molar-refractivity contribution in [2.24, 2.45) is 0 Å². The molecule has 0 bridgehead atoms. The van der Waals surface area contributed by atoms with Gasteiger partial charge in [-0.3, -0.25) is 4.79 Å². The summed E-state index contributed by atoms with van der Waals surface area (Å²) < 4.78 is 0. The Bertz CT molecular complexity index is 858. The first-order valence-electron chi connectivity index (χ1n) is 10.0. The first kappa shape index (κ1) is 17.8. The number of nitrogens with zero attached hydrogens (tertiary/aromatic N) is 2. The number of fused-ring (bicyclic) bond motifs is 1. The number of allylic oxidation sites excluding steroid dienone is 1. The van der Waals surface area contributed by atoms with Crippen LogP contribution in [-0.4, -0.2) is 23.5 Å². The number of hydrogen-bond donors (Lipinski definition) is 1. The number of carbonyl (C=O) groups excluding carboxylic acids is 1. The standard InChI is InChI=1S/C23H27N3O/c1-17-15-19-9-5-6-10-21(19)26(17)22-16-20(12-14-24-22)23(27)25-13-11-18-7-3-2-4-8-18/h5-7,9-10,12,14,16-17H,2-4,8,11,13,15H2,1H3,(H,25,27). The highest BCUT2D eigenvalue weighted by Gasteiger charge is 2.28. The molecule has 4 rings (SSSR count). The minimum atomic E-state index is -0.0183. The van der Waals surface area contributed by atoms with Gasteiger partial charge < -0.3 is 10.2 Å². The summed E-state index contributed by atoms with van der Waals surface area (Å²) in [6, 6.07) is 12.5. The topological polar surface area (TPSA) is 45.2 Å². The Balaban J connectivity index is 1.44. The second kappa shape index (κ2) is 7.95. The molecule has 0 fully saturated rings. The minimum absolute atomic E-state index is 0.0183. The molecule has 0 saturated heterocycles. The van der Waals surface area contributed by atoms with Crippen molar-refractivity contribution in [3.63, 3.8) is 0 Å². The summed E-state index contributed by atoms with van der Waals surface area (Å²) in [7, 11) is 0. The van der Waals surface area contributed by atoms with E-state index in [1.54, 1.807) is 12.3 Å². The van der Waals surface area contributed by atoms with E-state index in [9.17, 15) is 4.79 Å². The second-order valence-electron chi connectivity index (χ2n) is 7.57. The lowest BCUT2D eigenvalue weighted by atomic mass is 9.97. The van der Waals surface area contributed by atoms with Gasteiger partial charge in [0.25, 0.3) is 5.91 Å². The fourth-order valence-corrected chi connectivity index (χ4v) is 4.18. The largest absolute Gasteiger partial charge is 0.352 e. The Kier molecular flexibility index (Phi) is 5.23. The van der Waals surface area contributed by atoms with Gasteiger partial charge in [-0.05, 0) is 69.2 Å². The summed E-state index contributed by atoms with van der Waals surface area (Å²) in [5, 5.41) is 3.07. The molecule has 1 atom stereocenters. The third-order valence-electron chi connectivity index (χ3n) is 5.58. The van der Waals surface area contributed by atoms with Crippen molar-refractivity contribution in [1.82, 2.24) is 10.3 Å². The summed E-state index contributed by atoms with van der Waals surface area (Å²) in [6.07, 6.45) is 11.0. The van der Waals surface area contributed by atoms with Crippen LogP contribution in [0.25, 0.3) is 0 Å². The summed E-state index contributed by atoms with van der Waals surface area (Å²) >= 11 is 0. The van der Waals surface area contributed by atoms with E-state index < -0.39 is 0 Å². The Morgan fingerprint density at radius 1 is 1.26 bits per heavy atom. The Labute approximate surface area is 161 Å². The van der Waals surface area contributed by atoms with Gasteiger partial charge in [0.2, 0.25) is 0 Å². The zero-order valence-corrected chi connectivity index (χ0v) is 15.9. The van der Waals surface area contributed by atoms with Crippen molar-refractivity contribution in [2.75, 3.05) is 11.4 Å². The lowest BCUT2D eigenvalue weighted by molar-refractivity contribution is 0.0954. The number of rotatable bonds is 5. The molecule has 2 heterocycles. The zero-order chi connectivity index (χ0) is 18.6. The zero-order valence-electron chi connectivity index (χ0n) is 15.9. The maximum absolute atomic E-state index is 12.6. The summed E-state index contributed by atoms with van der Waals surface area (Å²) in [6.45, 7) is 2.90. The van der Waals surface area contributed by atoms with Gasteiger partial charge in [-0.2, -0.15) is 0 Å². The quantitative estimate of drug-likeness (QED) is 0.779. The number of hydrogen-bond acceptors (Lipinski definition) is 3. The molecule has 1 aromatic heterocycles. The number of anilines is 2. The van der Waals surface area contributed by atoms with Crippen LogP contribution >= 0.6 is 0 Å². The summed E-state index contributed by atoms with van der Waals surface area (Å²) in [4.78, 5) is 19.4. The van der Waals surface area contributed by atoms with Gasteiger partial charge in [-0.25, -0.2) is 4.98 Å². The molecule has 2 aliphatic rings. The first-order valence-corrected chi connectivity index (χ1v) is 10.0. The van der Waals surface area contributed by atoms with E-state index in [0.717, 1.165) is 18.7 Å². The molecule has 1 amide bonds. The molecule has 1 aliphatic carbocycles. The number of carbonyl (C=O) groups is 1. The number of para-hydroxylation sites is 1. The van der Waals surface area contributed by atoms with Gasteiger partial charge >= 0.3 is 0 Å². The molecule has 1 aliphatic heterocycles. The monoisotopic (exact) mass is 361 g/mol. The van der Waals surface area contributed by atoms with E-state index in [-0.39, 0.29) is 5.91 Å². The molecular weight excluding hydrogens is 334 g/mol. The van der Waals surface area contributed by atoms with Gasteiger partial charge in [-0.1, -0.05) is 29.8 Å². The van der Waals surface area contributed by atoms with Crippen LogP contribution in [0.3, 0.4) is 0 Å². The third-order valence-corrected chi connectivity index (χ3v) is 5.58. The predicted octanol–water partition coefficient (Wildman–Crippen LogP) is 4.78. The molecule has 0 saturated carbocycles. The molecule has 2 aromatic rings. The molecule has 4 nitrogen and oxygen atoms in total. The molecule has 4 heteroatoms. The van der Waals surface area contributed by atoms with Gasteiger partial charge in [0.1, 0.15) is 5.82 Å². The molecule has 0 spiro atoms. The van der Waals surface area contributed by atoms with Crippen LogP contribution in [0.1, 0.15) is 54.9 Å². The number of nitrogens with one attached hydrogen (secondary N) is 1. The Morgan fingerprint density at radius 2 is 2.15 bits per heavy atom. The molecule has 140 valence electrons. The van der Waals surface area contributed by atoms with E-state index in [1.165, 1.54) is 42.5 Å². The van der Waals surface area contributed by atoms with Crippen molar-refractivity contribution in [3.8, 4) is 0 Å². The van der Waals surface area contributed by atoms with Crippen molar-refractivity contribution in [1.29, 1.82) is 0 Å². The Hall–Kier alpha value is -2.62. The fourth-order valence-electron chi connectivity index (χ4n) is 4.18. The maximum atomic E-state index is 12.6. The van der Waals surface area contributed by atoms with Crippen LogP contribution in [0, 0.1) is 0 Å². The van der Waals surface area contributed by atoms with Crippen LogP contribution in [-0.2, 0) is 6.42 Å². The fraction of sp³-hybridized carbons (Fsp3) is 0.391. The summed E-state index contributed by atoms with van der Waals surface area (Å²) in [5.41, 5.74) is 4.69. The van der Waals surface area contributed by atoms with Gasteiger partial charge in [0.15, 0.2) is 0 Å². The number of benzene rings is 1. The van der Waals surface area contributed by atoms with E-state index in [0.29, 0.717) is 18.2 Å². The molecule has 1 unspecified atom stereocenters. The second-order valence-corrected chi connectivity index (χ2v) is 7.57. The van der Waals surface area contributed by atoms with Gasteiger partial charge in [0, 0.05) is 30.0 Å². The molecule has 27 heavy (non-hydrogen) atoms. The normalized spacial score (nSPS) is 18.8. The van der Waals surface area contributed by atoms with Crippen LogP contribution in [0.15, 0.2) is 54.2 Å². The van der Waals surface area contributed by atoms with E-state index in [1.807, 2.05) is 6.07 Å². The van der Waals surface area contributed by atoms with Crippen LogP contribution in [0.4, 0.5) is 11.5 Å². The van der Waals surface area contributed by atoms with E-state index >= 15 is 0 Å². The Morgan fingerprint density at radius 3 is 3.00 bits per heavy atom. The van der Waals surface area contributed by atoms with Crippen molar-refractivity contribution in [2.45, 2.75) is 51.5 Å². The number of aromatic nitrogens is 1. The summed E-state index contributed by atoms with van der Waals surface area (Å²) in [5.74, 6) is 0.824. The molecular formula is C23H27N3O. The highest BCUT2D eigenvalue weighted by molar-refractivity contribution is 5.95.